The number of carbonyl (C=O) groups is 1. The van der Waals surface area contributed by atoms with Crippen molar-refractivity contribution in [3.63, 3.8) is 0 Å². The van der Waals surface area contributed by atoms with Crippen LogP contribution in [-0.2, 0) is 24.3 Å². The Morgan fingerprint density at radius 1 is 1.14 bits per heavy atom. The zero-order valence-electron chi connectivity index (χ0n) is 17.3. The van der Waals surface area contributed by atoms with E-state index >= 15 is 0 Å². The molecule has 6 nitrogen and oxygen atoms in total. The van der Waals surface area contributed by atoms with E-state index in [0.29, 0.717) is 16.6 Å². The van der Waals surface area contributed by atoms with Gasteiger partial charge in [0.2, 0.25) is 5.91 Å². The highest BCUT2D eigenvalue weighted by Crippen LogP contribution is 2.26. The number of hydrogen-bond acceptors (Lipinski definition) is 4. The maximum absolute atomic E-state index is 13.2. The predicted octanol–water partition coefficient (Wildman–Crippen LogP) is 3.00. The number of thiophene rings is 1. The number of benzene rings is 1. The summed E-state index contributed by atoms with van der Waals surface area (Å²) < 4.78 is 2.72. The van der Waals surface area contributed by atoms with Crippen LogP contribution in [0.15, 0.2) is 39.9 Å². The Morgan fingerprint density at radius 2 is 1.83 bits per heavy atom. The molecule has 0 bridgehead atoms. The molecule has 7 heteroatoms. The second-order valence-corrected chi connectivity index (χ2v) is 8.60. The summed E-state index contributed by atoms with van der Waals surface area (Å²) in [6, 6.07) is 9.78. The van der Waals surface area contributed by atoms with Crippen LogP contribution >= 0.6 is 11.3 Å². The number of aryl methyl sites for hydroxylation is 3. The summed E-state index contributed by atoms with van der Waals surface area (Å²) in [5.74, 6) is -0.222. The first-order valence-corrected chi connectivity index (χ1v) is 10.7. The van der Waals surface area contributed by atoms with Gasteiger partial charge in [0.05, 0.1) is 5.39 Å². The molecule has 0 aliphatic rings. The molecule has 0 fully saturated rings. The third-order valence-corrected chi connectivity index (χ3v) is 6.55. The first kappa shape index (κ1) is 21.0. The molecule has 2 aromatic heterocycles. The van der Waals surface area contributed by atoms with Crippen LogP contribution in [0.3, 0.4) is 0 Å². The Kier molecular flexibility index (Phi) is 6.37. The largest absolute Gasteiger partial charge is 0.352 e. The Morgan fingerprint density at radius 3 is 2.48 bits per heavy atom. The molecule has 0 aliphatic carbocycles. The van der Waals surface area contributed by atoms with Crippen molar-refractivity contribution in [3.8, 4) is 0 Å². The lowest BCUT2D eigenvalue weighted by Gasteiger charge is -2.15. The van der Waals surface area contributed by atoms with Gasteiger partial charge < -0.3 is 5.32 Å². The summed E-state index contributed by atoms with van der Waals surface area (Å²) in [5.41, 5.74) is 1.22. The van der Waals surface area contributed by atoms with E-state index < -0.39 is 5.69 Å². The van der Waals surface area contributed by atoms with E-state index in [0.717, 1.165) is 22.4 Å². The first-order chi connectivity index (χ1) is 13.8. The molecule has 1 N–H and O–H groups in total. The van der Waals surface area contributed by atoms with Crippen molar-refractivity contribution < 1.29 is 4.79 Å². The molecular weight excluding hydrogens is 386 g/mol. The molecule has 3 rings (SSSR count). The fraction of sp³-hybridized carbons (Fsp3) is 0.409. The Hall–Kier alpha value is -2.67. The monoisotopic (exact) mass is 413 g/mol. The van der Waals surface area contributed by atoms with Crippen LogP contribution in [0.2, 0.25) is 0 Å². The smallest absolute Gasteiger partial charge is 0.332 e. The first-order valence-electron chi connectivity index (χ1n) is 9.90. The van der Waals surface area contributed by atoms with Crippen molar-refractivity contribution in [2.45, 2.75) is 59.7 Å². The lowest BCUT2D eigenvalue weighted by atomic mass is 10.1. The number of hydrogen-bond donors (Lipinski definition) is 1. The van der Waals surface area contributed by atoms with Crippen molar-refractivity contribution in [1.29, 1.82) is 0 Å². The van der Waals surface area contributed by atoms with Crippen LogP contribution in [-0.4, -0.2) is 21.1 Å². The second kappa shape index (κ2) is 8.78. The van der Waals surface area contributed by atoms with Crippen LogP contribution in [0.4, 0.5) is 0 Å². The standard InChI is InChI=1S/C22H27N3O3S/c1-5-14(2)23-18(26)13-25-21-19(15(3)16(4)29-21)20(27)24(22(25)28)12-11-17-9-7-6-8-10-17/h6-10,14H,5,11-13H2,1-4H3,(H,23,26). The van der Waals surface area contributed by atoms with Gasteiger partial charge in [-0.1, -0.05) is 37.3 Å². The maximum Gasteiger partial charge on any atom is 0.332 e. The Labute approximate surface area is 173 Å². The zero-order chi connectivity index (χ0) is 21.1. The fourth-order valence-corrected chi connectivity index (χ4v) is 4.43. The topological polar surface area (TPSA) is 73.1 Å². The lowest BCUT2D eigenvalue weighted by Crippen LogP contribution is -2.43. The fourth-order valence-electron chi connectivity index (χ4n) is 3.29. The van der Waals surface area contributed by atoms with Crippen molar-refractivity contribution in [2.24, 2.45) is 0 Å². The van der Waals surface area contributed by atoms with Gasteiger partial charge in [-0.05, 0) is 44.7 Å². The number of carbonyl (C=O) groups excluding carboxylic acids is 1. The summed E-state index contributed by atoms with van der Waals surface area (Å²) in [6.45, 7) is 7.93. The Bertz CT molecular complexity index is 1140. The average Bonchev–Trinajstić information content (AvgIpc) is 3.00. The highest BCUT2D eigenvalue weighted by Gasteiger charge is 2.20. The molecule has 0 spiro atoms. The number of aromatic nitrogens is 2. The van der Waals surface area contributed by atoms with Gasteiger partial charge in [-0.2, -0.15) is 0 Å². The number of nitrogens with zero attached hydrogens (tertiary/aromatic N) is 2. The third kappa shape index (κ3) is 4.34. The number of fused-ring (bicyclic) bond motifs is 1. The van der Waals surface area contributed by atoms with E-state index in [2.05, 4.69) is 5.32 Å². The van der Waals surface area contributed by atoms with Gasteiger partial charge in [0.1, 0.15) is 11.4 Å². The summed E-state index contributed by atoms with van der Waals surface area (Å²) >= 11 is 1.39. The van der Waals surface area contributed by atoms with E-state index in [1.165, 1.54) is 20.5 Å². The average molecular weight is 414 g/mol. The van der Waals surface area contributed by atoms with E-state index in [-0.39, 0.29) is 30.6 Å². The Balaban J connectivity index is 2.07. The van der Waals surface area contributed by atoms with Crippen LogP contribution in [0.1, 0.15) is 36.3 Å². The van der Waals surface area contributed by atoms with Gasteiger partial charge in [0, 0.05) is 17.5 Å². The number of rotatable bonds is 7. The van der Waals surface area contributed by atoms with Crippen LogP contribution in [0, 0.1) is 13.8 Å². The molecule has 1 aromatic carbocycles. The minimum atomic E-state index is -0.431. The maximum atomic E-state index is 13.2. The molecule has 0 saturated carbocycles. The molecule has 2 heterocycles. The normalized spacial score (nSPS) is 12.3. The molecule has 29 heavy (non-hydrogen) atoms. The summed E-state index contributed by atoms with van der Waals surface area (Å²) in [6.07, 6.45) is 1.38. The lowest BCUT2D eigenvalue weighted by molar-refractivity contribution is -0.122. The van der Waals surface area contributed by atoms with Gasteiger partial charge in [-0.3, -0.25) is 18.7 Å². The SMILES string of the molecule is CCC(C)NC(=O)Cn1c(=O)n(CCc2ccccc2)c(=O)c2c(C)c(C)sc21. The summed E-state index contributed by atoms with van der Waals surface area (Å²) in [7, 11) is 0. The van der Waals surface area contributed by atoms with Gasteiger partial charge >= 0.3 is 5.69 Å². The molecule has 0 radical (unpaired) electrons. The highest BCUT2D eigenvalue weighted by molar-refractivity contribution is 7.18. The van der Waals surface area contributed by atoms with E-state index in [9.17, 15) is 14.4 Å². The predicted molar refractivity (Wildman–Crippen MR) is 118 cm³/mol. The molecule has 0 saturated heterocycles. The molecule has 1 amide bonds. The third-order valence-electron chi connectivity index (χ3n) is 5.32. The van der Waals surface area contributed by atoms with Crippen molar-refractivity contribution in [2.75, 3.05) is 0 Å². The van der Waals surface area contributed by atoms with Crippen LogP contribution in [0.25, 0.3) is 10.2 Å². The van der Waals surface area contributed by atoms with E-state index in [4.69, 9.17) is 0 Å². The molecule has 1 atom stereocenters. The molecular formula is C22H27N3O3S. The minimum absolute atomic E-state index is 0.0319. The highest BCUT2D eigenvalue weighted by atomic mass is 32.1. The molecule has 1 unspecified atom stereocenters. The number of amides is 1. The quantitative estimate of drug-likeness (QED) is 0.647. The van der Waals surface area contributed by atoms with E-state index in [1.54, 1.807) is 0 Å². The van der Waals surface area contributed by atoms with Gasteiger partial charge in [0.25, 0.3) is 5.56 Å². The second-order valence-electron chi connectivity index (χ2n) is 7.40. The van der Waals surface area contributed by atoms with Crippen molar-refractivity contribution >= 4 is 27.5 Å². The van der Waals surface area contributed by atoms with Crippen molar-refractivity contribution in [1.82, 2.24) is 14.5 Å². The minimum Gasteiger partial charge on any atom is -0.352 e. The summed E-state index contributed by atoms with van der Waals surface area (Å²) in [5, 5.41) is 3.44. The van der Waals surface area contributed by atoms with Gasteiger partial charge in [-0.25, -0.2) is 4.79 Å². The van der Waals surface area contributed by atoms with Crippen LogP contribution in [0.5, 0.6) is 0 Å². The van der Waals surface area contributed by atoms with Crippen LogP contribution < -0.4 is 16.6 Å². The van der Waals surface area contributed by atoms with E-state index in [1.807, 2.05) is 58.0 Å². The molecule has 154 valence electrons. The summed E-state index contributed by atoms with van der Waals surface area (Å²) in [4.78, 5) is 40.4. The van der Waals surface area contributed by atoms with Gasteiger partial charge in [-0.15, -0.1) is 11.3 Å². The number of nitrogens with one attached hydrogen (secondary N) is 1. The zero-order valence-corrected chi connectivity index (χ0v) is 18.1. The van der Waals surface area contributed by atoms with Crippen molar-refractivity contribution in [3.05, 3.63) is 67.2 Å². The molecule has 0 aliphatic heterocycles. The van der Waals surface area contributed by atoms with Gasteiger partial charge in [0.15, 0.2) is 0 Å². The molecule has 3 aromatic rings.